The smallest absolute Gasteiger partial charge is 0.306 e. The molecule has 2 rings (SSSR count). The molecule has 1 aromatic heterocycles. The average molecular weight is 356 g/mol. The first-order chi connectivity index (χ1) is 11.0. The highest BCUT2D eigenvalue weighted by Crippen LogP contribution is 2.22. The number of hydrogen-bond acceptors (Lipinski definition) is 4. The Kier molecular flexibility index (Phi) is 6.12. The van der Waals surface area contributed by atoms with Crippen molar-refractivity contribution in [1.82, 2.24) is 0 Å². The standard InChI is InChI=1S/C16H15ClFNO3S/c1-10(22-15(20)7-5-12-3-2-8-23-12)16(21)19-14-6-4-11(18)9-13(14)17/h2-4,6,8-10H,5,7H2,1H3,(H,19,21)/t10-/m1/s1. The summed E-state index contributed by atoms with van der Waals surface area (Å²) >= 11 is 7.39. The third-order valence-electron chi connectivity index (χ3n) is 3.02. The number of ether oxygens (including phenoxy) is 1. The quantitative estimate of drug-likeness (QED) is 0.795. The van der Waals surface area contributed by atoms with E-state index in [4.69, 9.17) is 16.3 Å². The number of carbonyl (C=O) groups excluding carboxylic acids is 2. The summed E-state index contributed by atoms with van der Waals surface area (Å²) in [5.41, 5.74) is 0.263. The van der Waals surface area contributed by atoms with E-state index in [1.165, 1.54) is 19.1 Å². The van der Waals surface area contributed by atoms with E-state index in [1.807, 2.05) is 17.5 Å². The molecular weight excluding hydrogens is 341 g/mol. The number of hydrogen-bond donors (Lipinski definition) is 1. The first-order valence-corrected chi connectivity index (χ1v) is 8.19. The van der Waals surface area contributed by atoms with Gasteiger partial charge < -0.3 is 10.1 Å². The van der Waals surface area contributed by atoms with E-state index < -0.39 is 23.8 Å². The van der Waals surface area contributed by atoms with Gasteiger partial charge in [0.15, 0.2) is 6.10 Å². The fourth-order valence-corrected chi connectivity index (χ4v) is 2.74. The summed E-state index contributed by atoms with van der Waals surface area (Å²) in [6.45, 7) is 1.47. The van der Waals surface area contributed by atoms with Crippen LogP contribution in [0.5, 0.6) is 0 Å². The number of halogens is 2. The zero-order valence-electron chi connectivity index (χ0n) is 12.3. The Hall–Kier alpha value is -1.92. The van der Waals surface area contributed by atoms with Crippen molar-refractivity contribution in [3.63, 3.8) is 0 Å². The van der Waals surface area contributed by atoms with E-state index in [0.717, 1.165) is 10.9 Å². The number of esters is 1. The summed E-state index contributed by atoms with van der Waals surface area (Å²) in [7, 11) is 0. The van der Waals surface area contributed by atoms with Crippen molar-refractivity contribution in [2.24, 2.45) is 0 Å². The van der Waals surface area contributed by atoms with E-state index in [2.05, 4.69) is 5.32 Å². The van der Waals surface area contributed by atoms with Crippen LogP contribution < -0.4 is 5.32 Å². The summed E-state index contributed by atoms with van der Waals surface area (Å²) in [4.78, 5) is 24.8. The zero-order chi connectivity index (χ0) is 16.8. The Bertz CT molecular complexity index is 691. The van der Waals surface area contributed by atoms with Crippen LogP contribution in [0.4, 0.5) is 10.1 Å². The molecule has 0 saturated heterocycles. The second-order valence-corrected chi connectivity index (χ2v) is 6.26. The molecule has 0 saturated carbocycles. The molecule has 0 bridgehead atoms. The van der Waals surface area contributed by atoms with Gasteiger partial charge in [0, 0.05) is 4.88 Å². The molecule has 1 aromatic carbocycles. The van der Waals surface area contributed by atoms with Crippen molar-refractivity contribution in [1.29, 1.82) is 0 Å². The van der Waals surface area contributed by atoms with Gasteiger partial charge in [-0.05, 0) is 43.0 Å². The lowest BCUT2D eigenvalue weighted by atomic mass is 10.2. The van der Waals surface area contributed by atoms with Crippen molar-refractivity contribution in [3.8, 4) is 0 Å². The number of rotatable bonds is 6. The molecule has 1 amide bonds. The van der Waals surface area contributed by atoms with Crippen molar-refractivity contribution in [3.05, 3.63) is 51.4 Å². The normalized spacial score (nSPS) is 11.8. The van der Waals surface area contributed by atoms with E-state index in [0.29, 0.717) is 6.42 Å². The van der Waals surface area contributed by atoms with Gasteiger partial charge in [-0.3, -0.25) is 9.59 Å². The molecule has 0 spiro atoms. The molecule has 1 heterocycles. The van der Waals surface area contributed by atoms with Crippen LogP contribution in [0.15, 0.2) is 35.7 Å². The highest BCUT2D eigenvalue weighted by Gasteiger charge is 2.19. The SMILES string of the molecule is C[C@@H](OC(=O)CCc1cccs1)C(=O)Nc1ccc(F)cc1Cl. The largest absolute Gasteiger partial charge is 0.453 e. The lowest BCUT2D eigenvalue weighted by molar-refractivity contribution is -0.153. The van der Waals surface area contributed by atoms with Gasteiger partial charge in [-0.1, -0.05) is 17.7 Å². The molecule has 2 aromatic rings. The molecular formula is C16H15ClFNO3S. The van der Waals surface area contributed by atoms with Gasteiger partial charge in [0.05, 0.1) is 17.1 Å². The van der Waals surface area contributed by atoms with Crippen LogP contribution in [0.1, 0.15) is 18.2 Å². The number of nitrogens with one attached hydrogen (secondary N) is 1. The lowest BCUT2D eigenvalue weighted by Crippen LogP contribution is -2.30. The maximum Gasteiger partial charge on any atom is 0.306 e. The van der Waals surface area contributed by atoms with E-state index >= 15 is 0 Å². The third-order valence-corrected chi connectivity index (χ3v) is 4.27. The summed E-state index contributed by atoms with van der Waals surface area (Å²) in [6.07, 6.45) is -0.184. The highest BCUT2D eigenvalue weighted by atomic mass is 35.5. The van der Waals surface area contributed by atoms with E-state index in [9.17, 15) is 14.0 Å². The molecule has 1 N–H and O–H groups in total. The predicted molar refractivity (Wildman–Crippen MR) is 88.2 cm³/mol. The van der Waals surface area contributed by atoms with E-state index in [1.54, 1.807) is 11.3 Å². The molecule has 23 heavy (non-hydrogen) atoms. The van der Waals surface area contributed by atoms with Crippen LogP contribution >= 0.6 is 22.9 Å². The molecule has 0 aliphatic heterocycles. The molecule has 0 aliphatic rings. The zero-order valence-corrected chi connectivity index (χ0v) is 13.9. The summed E-state index contributed by atoms with van der Waals surface area (Å²) in [5, 5.41) is 4.51. The summed E-state index contributed by atoms with van der Waals surface area (Å²) < 4.78 is 18.0. The van der Waals surface area contributed by atoms with Crippen LogP contribution in [0.3, 0.4) is 0 Å². The van der Waals surface area contributed by atoms with Crippen LogP contribution in [0, 0.1) is 5.82 Å². The number of thiophene rings is 1. The molecule has 0 unspecified atom stereocenters. The molecule has 122 valence electrons. The van der Waals surface area contributed by atoms with Crippen molar-refractivity contribution < 1.29 is 18.7 Å². The lowest BCUT2D eigenvalue weighted by Gasteiger charge is -2.14. The minimum Gasteiger partial charge on any atom is -0.453 e. The van der Waals surface area contributed by atoms with Crippen LogP contribution in [-0.4, -0.2) is 18.0 Å². The van der Waals surface area contributed by atoms with Gasteiger partial charge in [0.1, 0.15) is 5.82 Å². The Balaban J connectivity index is 1.83. The molecule has 4 nitrogen and oxygen atoms in total. The maximum atomic E-state index is 13.0. The van der Waals surface area contributed by atoms with Gasteiger partial charge in [-0.25, -0.2) is 4.39 Å². The molecule has 1 atom stereocenters. The highest BCUT2D eigenvalue weighted by molar-refractivity contribution is 7.09. The number of aryl methyl sites for hydroxylation is 1. The molecule has 7 heteroatoms. The number of carbonyl (C=O) groups is 2. The number of anilines is 1. The van der Waals surface area contributed by atoms with Crippen molar-refractivity contribution in [2.45, 2.75) is 25.9 Å². The monoisotopic (exact) mass is 355 g/mol. The Morgan fingerprint density at radius 2 is 2.17 bits per heavy atom. The molecule has 0 radical (unpaired) electrons. The average Bonchev–Trinajstić information content (AvgIpc) is 3.01. The third kappa shape index (κ3) is 5.33. The topological polar surface area (TPSA) is 55.4 Å². The Morgan fingerprint density at radius 1 is 1.39 bits per heavy atom. The van der Waals surface area contributed by atoms with Gasteiger partial charge in [-0.15, -0.1) is 11.3 Å². The predicted octanol–water partition coefficient (Wildman–Crippen LogP) is 4.04. The van der Waals surface area contributed by atoms with E-state index in [-0.39, 0.29) is 17.1 Å². The first-order valence-electron chi connectivity index (χ1n) is 6.93. The first kappa shape index (κ1) is 17.4. The van der Waals surface area contributed by atoms with Crippen molar-refractivity contribution in [2.75, 3.05) is 5.32 Å². The van der Waals surface area contributed by atoms with Gasteiger partial charge in [0.25, 0.3) is 5.91 Å². The van der Waals surface area contributed by atoms with Crippen LogP contribution in [0.2, 0.25) is 5.02 Å². The van der Waals surface area contributed by atoms with Gasteiger partial charge >= 0.3 is 5.97 Å². The van der Waals surface area contributed by atoms with Crippen molar-refractivity contribution >= 4 is 40.5 Å². The summed E-state index contributed by atoms with van der Waals surface area (Å²) in [5.74, 6) is -1.48. The van der Waals surface area contributed by atoms with Gasteiger partial charge in [-0.2, -0.15) is 0 Å². The Morgan fingerprint density at radius 3 is 2.83 bits per heavy atom. The molecule has 0 fully saturated rings. The molecule has 0 aliphatic carbocycles. The minimum atomic E-state index is -0.966. The summed E-state index contributed by atoms with van der Waals surface area (Å²) in [6, 6.07) is 7.47. The minimum absolute atomic E-state index is 0.0783. The second kappa shape index (κ2) is 8.08. The maximum absolute atomic E-state index is 13.0. The van der Waals surface area contributed by atoms with Gasteiger partial charge in [0.2, 0.25) is 0 Å². The number of benzene rings is 1. The van der Waals surface area contributed by atoms with Crippen LogP contribution in [-0.2, 0) is 20.7 Å². The fourth-order valence-electron chi connectivity index (χ4n) is 1.81. The number of amides is 1. The van der Waals surface area contributed by atoms with Crippen LogP contribution in [0.25, 0.3) is 0 Å². The Labute approximate surface area is 142 Å². The second-order valence-electron chi connectivity index (χ2n) is 4.82. The fraction of sp³-hybridized carbons (Fsp3) is 0.250.